The van der Waals surface area contributed by atoms with Gasteiger partial charge in [-0.15, -0.1) is 0 Å². The molecule has 2 N–H and O–H groups in total. The average Bonchev–Trinajstić information content (AvgIpc) is 2.95. The number of aldehydes is 1. The highest BCUT2D eigenvalue weighted by Gasteiger charge is 2.59. The van der Waals surface area contributed by atoms with Crippen molar-refractivity contribution >= 4 is 6.29 Å². The van der Waals surface area contributed by atoms with Crippen LogP contribution in [0.25, 0.3) is 0 Å². The van der Waals surface area contributed by atoms with E-state index in [9.17, 15) is 15.0 Å². The van der Waals surface area contributed by atoms with E-state index in [1.54, 1.807) is 0 Å². The van der Waals surface area contributed by atoms with Gasteiger partial charge in [-0.1, -0.05) is 38.5 Å². The van der Waals surface area contributed by atoms with Crippen LogP contribution >= 0.6 is 0 Å². The Morgan fingerprint density at radius 2 is 1.84 bits per heavy atom. The minimum absolute atomic E-state index is 0.125. The Balaban J connectivity index is 1.74. The molecule has 0 aromatic carbocycles. The van der Waals surface area contributed by atoms with Crippen LogP contribution in [0.3, 0.4) is 0 Å². The van der Waals surface area contributed by atoms with Crippen molar-refractivity contribution < 1.29 is 15.0 Å². The highest BCUT2D eigenvalue weighted by molar-refractivity contribution is 5.54. The monoisotopic (exact) mass is 344 g/mol. The first-order chi connectivity index (χ1) is 11.8. The van der Waals surface area contributed by atoms with Crippen LogP contribution in [0.15, 0.2) is 23.3 Å². The van der Waals surface area contributed by atoms with Crippen molar-refractivity contribution in [3.63, 3.8) is 0 Å². The summed E-state index contributed by atoms with van der Waals surface area (Å²) in [6, 6.07) is 0. The summed E-state index contributed by atoms with van der Waals surface area (Å²) in [5.41, 5.74) is 2.40. The van der Waals surface area contributed by atoms with Gasteiger partial charge in [0, 0.05) is 11.3 Å². The molecule has 138 valence electrons. The summed E-state index contributed by atoms with van der Waals surface area (Å²) in [5, 5.41) is 21.4. The summed E-state index contributed by atoms with van der Waals surface area (Å²) in [6.45, 7) is 6.64. The van der Waals surface area contributed by atoms with Crippen LogP contribution in [-0.2, 0) is 4.79 Å². The first-order valence-electron chi connectivity index (χ1n) is 10.1. The number of rotatable bonds is 2. The Morgan fingerprint density at radius 3 is 2.56 bits per heavy atom. The van der Waals surface area contributed by atoms with E-state index >= 15 is 0 Å². The van der Waals surface area contributed by atoms with E-state index in [2.05, 4.69) is 32.9 Å². The van der Waals surface area contributed by atoms with Gasteiger partial charge in [0.05, 0.1) is 12.2 Å². The van der Waals surface area contributed by atoms with E-state index in [0.29, 0.717) is 30.6 Å². The van der Waals surface area contributed by atoms with Crippen molar-refractivity contribution in [1.29, 1.82) is 0 Å². The lowest BCUT2D eigenvalue weighted by molar-refractivity contribution is -0.114. The Labute approximate surface area is 151 Å². The summed E-state index contributed by atoms with van der Waals surface area (Å²) in [7, 11) is 0. The molecule has 0 heterocycles. The van der Waals surface area contributed by atoms with E-state index in [4.69, 9.17) is 0 Å². The van der Waals surface area contributed by atoms with Crippen LogP contribution in [0.2, 0.25) is 0 Å². The average molecular weight is 344 g/mol. The topological polar surface area (TPSA) is 57.5 Å². The van der Waals surface area contributed by atoms with E-state index in [1.807, 2.05) is 0 Å². The van der Waals surface area contributed by atoms with Crippen LogP contribution in [0.5, 0.6) is 0 Å². The van der Waals surface area contributed by atoms with Gasteiger partial charge in [-0.25, -0.2) is 0 Å². The molecule has 3 saturated carbocycles. The smallest absolute Gasteiger partial charge is 0.123 e. The van der Waals surface area contributed by atoms with Gasteiger partial charge < -0.3 is 15.0 Å². The third kappa shape index (κ3) is 2.21. The number of aliphatic hydroxyl groups is 2. The number of hydrogen-bond donors (Lipinski definition) is 2. The lowest BCUT2D eigenvalue weighted by Crippen LogP contribution is -2.53. The maximum absolute atomic E-state index is 11.4. The summed E-state index contributed by atoms with van der Waals surface area (Å²) in [6.07, 6.45) is 10.5. The number of carbonyl (C=O) groups excluding carboxylic acids is 1. The molecule has 3 fully saturated rings. The van der Waals surface area contributed by atoms with Crippen LogP contribution in [0.1, 0.15) is 59.3 Å². The molecule has 0 aromatic rings. The van der Waals surface area contributed by atoms with Crippen molar-refractivity contribution in [2.75, 3.05) is 0 Å². The molecule has 0 radical (unpaired) electrons. The zero-order valence-corrected chi connectivity index (χ0v) is 15.7. The Morgan fingerprint density at radius 1 is 1.08 bits per heavy atom. The maximum Gasteiger partial charge on any atom is 0.123 e. The van der Waals surface area contributed by atoms with Crippen molar-refractivity contribution in [3.05, 3.63) is 23.3 Å². The van der Waals surface area contributed by atoms with Crippen molar-refractivity contribution in [1.82, 2.24) is 0 Å². The minimum Gasteiger partial charge on any atom is -0.392 e. The Hall–Kier alpha value is -0.930. The second-order valence-electron chi connectivity index (χ2n) is 9.51. The standard InChI is InChI=1S/C22H32O3/c1-13(12-23)15-6-7-16-14-4-5-18-19(24)8-9-20(25)22(18,3)17(14)10-11-21(15,16)2/h4-5,12-13,15-17,19-20,24-25H,6-11H2,1-3H3/t13?,15-,16+,17+,19+,20+,21-,22-/m1/s1. The van der Waals surface area contributed by atoms with Crippen LogP contribution < -0.4 is 0 Å². The van der Waals surface area contributed by atoms with Gasteiger partial charge in [-0.2, -0.15) is 0 Å². The minimum atomic E-state index is -0.411. The van der Waals surface area contributed by atoms with Gasteiger partial charge in [-0.05, 0) is 67.3 Å². The highest BCUT2D eigenvalue weighted by atomic mass is 16.3. The number of fused-ring (bicyclic) bond motifs is 5. The molecule has 0 saturated heterocycles. The predicted octanol–water partition coefficient (Wildman–Crippen LogP) is 3.65. The fraction of sp³-hybridized carbons (Fsp3) is 0.773. The number of allylic oxidation sites excluding steroid dienone is 3. The molecule has 25 heavy (non-hydrogen) atoms. The van der Waals surface area contributed by atoms with E-state index in [-0.39, 0.29) is 22.9 Å². The molecular weight excluding hydrogens is 312 g/mol. The van der Waals surface area contributed by atoms with Gasteiger partial charge in [0.15, 0.2) is 0 Å². The van der Waals surface area contributed by atoms with Gasteiger partial charge in [0.25, 0.3) is 0 Å². The third-order valence-electron chi connectivity index (χ3n) is 8.60. The summed E-state index contributed by atoms with van der Waals surface area (Å²) in [5.74, 6) is 1.44. The zero-order chi connectivity index (χ0) is 18.0. The molecule has 8 atom stereocenters. The largest absolute Gasteiger partial charge is 0.392 e. The molecule has 1 unspecified atom stereocenters. The quantitative estimate of drug-likeness (QED) is 0.752. The molecule has 0 aliphatic heterocycles. The highest BCUT2D eigenvalue weighted by Crippen LogP contribution is 2.65. The van der Waals surface area contributed by atoms with Crippen LogP contribution in [0.4, 0.5) is 0 Å². The van der Waals surface area contributed by atoms with Crippen LogP contribution in [-0.4, -0.2) is 28.7 Å². The lowest BCUT2D eigenvalue weighted by atomic mass is 9.49. The molecule has 3 heteroatoms. The molecular formula is C22H32O3. The Bertz CT molecular complexity index is 635. The molecule has 4 aliphatic carbocycles. The van der Waals surface area contributed by atoms with E-state index < -0.39 is 6.10 Å². The summed E-state index contributed by atoms with van der Waals surface area (Å²) >= 11 is 0. The van der Waals surface area contributed by atoms with Gasteiger partial charge in [-0.3, -0.25) is 0 Å². The molecule has 4 rings (SSSR count). The molecule has 0 aromatic heterocycles. The van der Waals surface area contributed by atoms with Gasteiger partial charge in [0.1, 0.15) is 6.29 Å². The number of aliphatic hydroxyl groups excluding tert-OH is 2. The molecule has 0 spiro atoms. The predicted molar refractivity (Wildman–Crippen MR) is 97.8 cm³/mol. The SMILES string of the molecule is CC(C=O)[C@H]1CC[C@H]2C3=CC=C4[C@@H](O)CC[C@H](O)[C@]4(C)[C@H]3CC[C@]12C. The lowest BCUT2D eigenvalue weighted by Gasteiger charge is -2.56. The molecule has 0 amide bonds. The van der Waals surface area contributed by atoms with E-state index in [0.717, 1.165) is 37.5 Å². The fourth-order valence-corrected chi connectivity index (χ4v) is 7.11. The molecule has 0 bridgehead atoms. The summed E-state index contributed by atoms with van der Waals surface area (Å²) < 4.78 is 0. The number of hydrogen-bond acceptors (Lipinski definition) is 3. The third-order valence-corrected chi connectivity index (χ3v) is 8.60. The fourth-order valence-electron chi connectivity index (χ4n) is 7.11. The first kappa shape index (κ1) is 17.5. The van der Waals surface area contributed by atoms with Crippen molar-refractivity contribution in [2.24, 2.45) is 34.5 Å². The maximum atomic E-state index is 11.4. The van der Waals surface area contributed by atoms with Gasteiger partial charge in [0.2, 0.25) is 0 Å². The van der Waals surface area contributed by atoms with Crippen LogP contribution in [0, 0.1) is 34.5 Å². The first-order valence-corrected chi connectivity index (χ1v) is 10.1. The Kier molecular flexibility index (Phi) is 4.05. The second kappa shape index (κ2) is 5.79. The second-order valence-corrected chi connectivity index (χ2v) is 9.51. The molecule has 3 nitrogen and oxygen atoms in total. The van der Waals surface area contributed by atoms with Crippen molar-refractivity contribution in [2.45, 2.75) is 71.5 Å². The van der Waals surface area contributed by atoms with Gasteiger partial charge >= 0.3 is 0 Å². The molecule has 4 aliphatic rings. The normalized spacial score (nSPS) is 50.0. The van der Waals surface area contributed by atoms with E-state index in [1.165, 1.54) is 5.57 Å². The van der Waals surface area contributed by atoms with Crippen molar-refractivity contribution in [3.8, 4) is 0 Å². The summed E-state index contributed by atoms with van der Waals surface area (Å²) in [4.78, 5) is 11.4. The zero-order valence-electron chi connectivity index (χ0n) is 15.7. The number of carbonyl (C=O) groups is 1.